The number of sulfonamides is 1. The number of furan rings is 1. The van der Waals surface area contributed by atoms with Crippen LogP contribution in [0.4, 0.5) is 0 Å². The first-order valence-electron chi connectivity index (χ1n) is 4.89. The number of nitrogens with zero attached hydrogens (tertiary/aromatic N) is 1. The van der Waals surface area contributed by atoms with E-state index < -0.39 is 21.8 Å². The molecule has 0 fully saturated rings. The molecule has 0 saturated heterocycles. The molecule has 0 spiro atoms. The Labute approximate surface area is 103 Å². The minimum atomic E-state index is -3.87. The number of hydrogen-bond acceptors (Lipinski definition) is 4. The van der Waals surface area contributed by atoms with E-state index in [0.29, 0.717) is 0 Å². The van der Waals surface area contributed by atoms with Crippen molar-refractivity contribution in [3.05, 3.63) is 42.1 Å². The van der Waals surface area contributed by atoms with Gasteiger partial charge in [-0.05, 0) is 19.1 Å². The average Bonchev–Trinajstić information content (AvgIpc) is 2.86. The quantitative estimate of drug-likeness (QED) is 0.863. The second-order valence-electron chi connectivity index (χ2n) is 3.52. The largest absolute Gasteiger partial charge is 0.475 e. The normalized spacial score (nSPS) is 11.4. The molecule has 0 radical (unpaired) electrons. The van der Waals surface area contributed by atoms with Gasteiger partial charge in [0.2, 0.25) is 5.76 Å². The highest BCUT2D eigenvalue weighted by Crippen LogP contribution is 2.20. The number of carbonyl (C=O) groups is 1. The Bertz CT molecular complexity index is 669. The molecule has 8 heteroatoms. The molecule has 7 nitrogen and oxygen atoms in total. The highest BCUT2D eigenvalue weighted by Gasteiger charge is 2.23. The zero-order valence-electron chi connectivity index (χ0n) is 9.32. The minimum absolute atomic E-state index is 0.0204. The smallest absolute Gasteiger partial charge is 0.371 e. The van der Waals surface area contributed by atoms with Crippen molar-refractivity contribution in [2.24, 2.45) is 0 Å². The molecule has 2 heterocycles. The highest BCUT2D eigenvalue weighted by atomic mass is 32.2. The van der Waals surface area contributed by atoms with Gasteiger partial charge in [0.25, 0.3) is 10.0 Å². The number of aromatic carboxylic acids is 1. The molecular weight excluding hydrogens is 260 g/mol. The molecule has 2 rings (SSSR count). The number of nitrogens with one attached hydrogen (secondary N) is 1. The van der Waals surface area contributed by atoms with Crippen molar-refractivity contribution in [1.29, 1.82) is 0 Å². The summed E-state index contributed by atoms with van der Waals surface area (Å²) in [6.07, 6.45) is 3.01. The standard InChI is InChI=1S/C10H10N2O5S/c1-7-9(6-8(17-7)10(13)14)18(15,16)11-12-4-2-3-5-12/h2-6,11H,1H3,(H,13,14). The van der Waals surface area contributed by atoms with E-state index in [0.717, 1.165) is 6.07 Å². The molecule has 2 aromatic heterocycles. The van der Waals surface area contributed by atoms with Crippen molar-refractivity contribution in [2.75, 3.05) is 4.83 Å². The van der Waals surface area contributed by atoms with Crippen LogP contribution in [0.1, 0.15) is 16.3 Å². The molecule has 0 unspecified atom stereocenters. The van der Waals surface area contributed by atoms with Crippen LogP contribution in [0.2, 0.25) is 0 Å². The Hall–Kier alpha value is -2.22. The molecule has 18 heavy (non-hydrogen) atoms. The fourth-order valence-corrected chi connectivity index (χ4v) is 2.60. The second kappa shape index (κ2) is 4.22. The number of hydrogen-bond donors (Lipinski definition) is 2. The van der Waals surface area contributed by atoms with Gasteiger partial charge in [-0.3, -0.25) is 4.68 Å². The predicted molar refractivity (Wildman–Crippen MR) is 61.4 cm³/mol. The summed E-state index contributed by atoms with van der Waals surface area (Å²) in [6, 6.07) is 4.27. The lowest BCUT2D eigenvalue weighted by Crippen LogP contribution is -2.22. The summed E-state index contributed by atoms with van der Waals surface area (Å²) in [6.45, 7) is 1.39. The van der Waals surface area contributed by atoms with Gasteiger partial charge in [-0.1, -0.05) is 0 Å². The Morgan fingerprint density at radius 1 is 1.39 bits per heavy atom. The molecule has 0 bridgehead atoms. The van der Waals surface area contributed by atoms with E-state index in [9.17, 15) is 13.2 Å². The van der Waals surface area contributed by atoms with Crippen LogP contribution in [0, 0.1) is 6.92 Å². The van der Waals surface area contributed by atoms with Gasteiger partial charge < -0.3 is 9.52 Å². The number of carboxylic acids is 1. The summed E-state index contributed by atoms with van der Waals surface area (Å²) >= 11 is 0. The third kappa shape index (κ3) is 2.23. The zero-order chi connectivity index (χ0) is 13.3. The molecule has 0 aliphatic heterocycles. The molecule has 0 amide bonds. The van der Waals surface area contributed by atoms with Gasteiger partial charge in [0, 0.05) is 18.5 Å². The van der Waals surface area contributed by atoms with Crippen LogP contribution in [-0.2, 0) is 10.0 Å². The van der Waals surface area contributed by atoms with Crippen molar-refractivity contribution < 1.29 is 22.7 Å². The van der Waals surface area contributed by atoms with Gasteiger partial charge in [0.1, 0.15) is 10.7 Å². The third-order valence-electron chi connectivity index (χ3n) is 2.20. The second-order valence-corrected chi connectivity index (χ2v) is 5.15. The van der Waals surface area contributed by atoms with Crippen LogP contribution in [0.15, 0.2) is 39.9 Å². The van der Waals surface area contributed by atoms with Crippen LogP contribution < -0.4 is 4.83 Å². The molecule has 0 aliphatic rings. The lowest BCUT2D eigenvalue weighted by atomic mass is 10.4. The Balaban J connectivity index is 2.38. The van der Waals surface area contributed by atoms with Gasteiger partial charge in [0.05, 0.1) is 0 Å². The molecule has 0 atom stereocenters. The predicted octanol–water partition coefficient (Wildman–Crippen LogP) is 1.02. The summed E-state index contributed by atoms with van der Waals surface area (Å²) in [5.74, 6) is -1.71. The fourth-order valence-electron chi connectivity index (χ4n) is 1.42. The number of rotatable bonds is 4. The van der Waals surface area contributed by atoms with E-state index in [-0.39, 0.29) is 10.7 Å². The Morgan fingerprint density at radius 2 is 2.00 bits per heavy atom. The first kappa shape index (κ1) is 12.2. The number of aromatic nitrogens is 1. The van der Waals surface area contributed by atoms with E-state index >= 15 is 0 Å². The topological polar surface area (TPSA) is 102 Å². The Kier molecular flexibility index (Phi) is 2.87. The average molecular weight is 270 g/mol. The molecule has 0 aromatic carbocycles. The van der Waals surface area contributed by atoms with E-state index in [4.69, 9.17) is 9.52 Å². The highest BCUT2D eigenvalue weighted by molar-refractivity contribution is 7.92. The van der Waals surface area contributed by atoms with Gasteiger partial charge in [0.15, 0.2) is 0 Å². The van der Waals surface area contributed by atoms with Gasteiger partial charge in [-0.2, -0.15) is 8.42 Å². The maximum absolute atomic E-state index is 12.0. The number of carboxylic acid groups (broad SMARTS) is 1. The van der Waals surface area contributed by atoms with Crippen LogP contribution in [0.25, 0.3) is 0 Å². The maximum Gasteiger partial charge on any atom is 0.371 e. The van der Waals surface area contributed by atoms with Crippen LogP contribution in [0.5, 0.6) is 0 Å². The third-order valence-corrected chi connectivity index (χ3v) is 3.64. The molecule has 2 N–H and O–H groups in total. The summed E-state index contributed by atoms with van der Waals surface area (Å²) in [5.41, 5.74) is 0. The summed E-state index contributed by atoms with van der Waals surface area (Å²) in [7, 11) is -3.87. The van der Waals surface area contributed by atoms with Crippen molar-refractivity contribution in [2.45, 2.75) is 11.8 Å². The first-order valence-corrected chi connectivity index (χ1v) is 6.38. The van der Waals surface area contributed by atoms with Gasteiger partial charge in [-0.15, -0.1) is 0 Å². The molecule has 0 aliphatic carbocycles. The summed E-state index contributed by atoms with van der Waals surface area (Å²) in [4.78, 5) is 12.7. The van der Waals surface area contributed by atoms with E-state index in [1.165, 1.54) is 24.0 Å². The molecule has 0 saturated carbocycles. The van der Waals surface area contributed by atoms with Crippen molar-refractivity contribution >= 4 is 16.0 Å². The molecule has 96 valence electrons. The fraction of sp³-hybridized carbons (Fsp3) is 0.100. The van der Waals surface area contributed by atoms with Crippen LogP contribution >= 0.6 is 0 Å². The monoisotopic (exact) mass is 270 g/mol. The van der Waals surface area contributed by atoms with Crippen LogP contribution in [-0.4, -0.2) is 24.2 Å². The Morgan fingerprint density at radius 3 is 2.50 bits per heavy atom. The lowest BCUT2D eigenvalue weighted by Gasteiger charge is -2.07. The molecular formula is C10H10N2O5S. The molecule has 2 aromatic rings. The number of aryl methyl sites for hydroxylation is 1. The minimum Gasteiger partial charge on any atom is -0.475 e. The van der Waals surface area contributed by atoms with E-state index in [1.807, 2.05) is 0 Å². The van der Waals surface area contributed by atoms with Gasteiger partial charge >= 0.3 is 5.97 Å². The maximum atomic E-state index is 12.0. The first-order chi connectivity index (χ1) is 8.40. The zero-order valence-corrected chi connectivity index (χ0v) is 10.1. The SMILES string of the molecule is Cc1oc(C(=O)O)cc1S(=O)(=O)Nn1cccc1. The van der Waals surface area contributed by atoms with Crippen molar-refractivity contribution in [3.63, 3.8) is 0 Å². The van der Waals surface area contributed by atoms with Gasteiger partial charge in [-0.25, -0.2) is 9.63 Å². The summed E-state index contributed by atoms with van der Waals surface area (Å²) < 4.78 is 30.0. The summed E-state index contributed by atoms with van der Waals surface area (Å²) in [5, 5.41) is 8.73. The lowest BCUT2D eigenvalue weighted by molar-refractivity contribution is 0.0661. The van der Waals surface area contributed by atoms with E-state index in [1.54, 1.807) is 12.1 Å². The van der Waals surface area contributed by atoms with E-state index in [2.05, 4.69) is 4.83 Å². The van der Waals surface area contributed by atoms with Crippen molar-refractivity contribution in [3.8, 4) is 0 Å². The van der Waals surface area contributed by atoms with Crippen LogP contribution in [0.3, 0.4) is 0 Å². The van der Waals surface area contributed by atoms with Crippen molar-refractivity contribution in [1.82, 2.24) is 4.68 Å².